The maximum atomic E-state index is 2.16. The Morgan fingerprint density at radius 2 is 2.43 bits per heavy atom. The third-order valence-corrected chi connectivity index (χ3v) is 1.13. The second kappa shape index (κ2) is 1.57. The van der Waals surface area contributed by atoms with E-state index in [1.807, 2.05) is 0 Å². The first-order valence-corrected chi connectivity index (χ1v) is 2.51. The standard InChI is InChI=1S/C6H10N/c1-6-3-4-7(2)5-6/h4-5H,3H2,1-2H3. The van der Waals surface area contributed by atoms with Crippen LogP contribution in [-0.2, 0) is 0 Å². The van der Waals surface area contributed by atoms with Crippen molar-refractivity contribution in [3.63, 3.8) is 0 Å². The first-order valence-electron chi connectivity index (χ1n) is 2.51. The van der Waals surface area contributed by atoms with Gasteiger partial charge in [0.2, 0.25) is 0 Å². The fourth-order valence-corrected chi connectivity index (χ4v) is 0.741. The van der Waals surface area contributed by atoms with Crippen molar-refractivity contribution in [2.75, 3.05) is 7.05 Å². The predicted molar refractivity (Wildman–Crippen MR) is 30.4 cm³/mol. The molecule has 0 bridgehead atoms. The zero-order valence-electron chi connectivity index (χ0n) is 4.81. The molecule has 0 aromatic carbocycles. The van der Waals surface area contributed by atoms with Crippen molar-refractivity contribution < 1.29 is 0 Å². The van der Waals surface area contributed by atoms with Crippen LogP contribution in [0.3, 0.4) is 0 Å². The summed E-state index contributed by atoms with van der Waals surface area (Å²) < 4.78 is 0. The molecule has 0 unspecified atom stereocenters. The zero-order chi connectivity index (χ0) is 5.28. The van der Waals surface area contributed by atoms with E-state index in [1.54, 1.807) is 0 Å². The van der Waals surface area contributed by atoms with Crippen LogP contribution in [0.15, 0.2) is 11.8 Å². The van der Waals surface area contributed by atoms with Crippen molar-refractivity contribution in [3.8, 4) is 0 Å². The molecule has 1 radical (unpaired) electrons. The first kappa shape index (κ1) is 4.69. The molecule has 0 amide bonds. The van der Waals surface area contributed by atoms with Gasteiger partial charge in [-0.25, -0.2) is 0 Å². The van der Waals surface area contributed by atoms with Gasteiger partial charge in [-0.3, -0.25) is 0 Å². The van der Waals surface area contributed by atoms with Gasteiger partial charge in [0.25, 0.3) is 0 Å². The minimum absolute atomic E-state index is 1.14. The van der Waals surface area contributed by atoms with E-state index in [4.69, 9.17) is 0 Å². The predicted octanol–water partition coefficient (Wildman–Crippen LogP) is 1.39. The van der Waals surface area contributed by atoms with Crippen LogP contribution in [0.25, 0.3) is 0 Å². The van der Waals surface area contributed by atoms with Crippen molar-refractivity contribution in [2.45, 2.75) is 13.3 Å². The Bertz CT molecular complexity index is 94.4. The van der Waals surface area contributed by atoms with Gasteiger partial charge in [-0.15, -0.1) is 0 Å². The maximum Gasteiger partial charge on any atom is 0.0525 e. The highest BCUT2D eigenvalue weighted by Crippen LogP contribution is 2.13. The van der Waals surface area contributed by atoms with Crippen LogP contribution < -0.4 is 0 Å². The number of nitrogens with zero attached hydrogens (tertiary/aromatic N) is 1. The molecule has 0 saturated carbocycles. The van der Waals surface area contributed by atoms with Crippen molar-refractivity contribution in [1.82, 2.24) is 4.90 Å². The molecule has 1 heteroatoms. The molecule has 0 fully saturated rings. The SMILES string of the molecule is CC1=CN(C)[CH]C1. The van der Waals surface area contributed by atoms with E-state index in [9.17, 15) is 0 Å². The molecule has 0 saturated heterocycles. The lowest BCUT2D eigenvalue weighted by atomic mass is 10.3. The molecule has 1 aliphatic rings. The fourth-order valence-electron chi connectivity index (χ4n) is 0.741. The van der Waals surface area contributed by atoms with Crippen LogP contribution in [0.5, 0.6) is 0 Å². The lowest BCUT2D eigenvalue weighted by Gasteiger charge is -2.01. The third-order valence-electron chi connectivity index (χ3n) is 1.13. The summed E-state index contributed by atoms with van der Waals surface area (Å²) in [7, 11) is 2.05. The second-order valence-electron chi connectivity index (χ2n) is 2.03. The van der Waals surface area contributed by atoms with Gasteiger partial charge >= 0.3 is 0 Å². The van der Waals surface area contributed by atoms with Gasteiger partial charge in [0.05, 0.1) is 6.54 Å². The molecule has 0 atom stereocenters. The van der Waals surface area contributed by atoms with Crippen molar-refractivity contribution in [2.24, 2.45) is 0 Å². The summed E-state index contributed by atoms with van der Waals surface area (Å²) >= 11 is 0. The minimum Gasteiger partial charge on any atom is -0.375 e. The summed E-state index contributed by atoms with van der Waals surface area (Å²) in [5, 5.41) is 0. The highest BCUT2D eigenvalue weighted by atomic mass is 15.1. The Morgan fingerprint density at radius 1 is 1.71 bits per heavy atom. The molecule has 0 aliphatic carbocycles. The van der Waals surface area contributed by atoms with E-state index in [0.29, 0.717) is 0 Å². The largest absolute Gasteiger partial charge is 0.375 e. The minimum atomic E-state index is 1.14. The maximum absolute atomic E-state index is 2.16. The average molecular weight is 96.2 g/mol. The summed E-state index contributed by atoms with van der Waals surface area (Å²) in [5.74, 6) is 0. The molecular weight excluding hydrogens is 86.1 g/mol. The van der Waals surface area contributed by atoms with Gasteiger partial charge < -0.3 is 4.90 Å². The van der Waals surface area contributed by atoms with E-state index < -0.39 is 0 Å². The summed E-state index contributed by atoms with van der Waals surface area (Å²) in [6.07, 6.45) is 3.27. The zero-order valence-corrected chi connectivity index (χ0v) is 4.81. The number of hydrogen-bond donors (Lipinski definition) is 0. The molecule has 1 nitrogen and oxygen atoms in total. The van der Waals surface area contributed by atoms with Crippen molar-refractivity contribution in [3.05, 3.63) is 18.3 Å². The van der Waals surface area contributed by atoms with Crippen LogP contribution in [0, 0.1) is 6.54 Å². The van der Waals surface area contributed by atoms with E-state index in [2.05, 4.69) is 31.6 Å². The van der Waals surface area contributed by atoms with Crippen LogP contribution in [0.1, 0.15) is 13.3 Å². The molecule has 1 aliphatic heterocycles. The normalized spacial score (nSPS) is 20.3. The summed E-state index contributed by atoms with van der Waals surface area (Å²) in [6, 6.07) is 0. The molecular formula is C6H10N. The smallest absolute Gasteiger partial charge is 0.0525 e. The number of rotatable bonds is 0. The Labute approximate surface area is 44.6 Å². The van der Waals surface area contributed by atoms with Gasteiger partial charge in [0.15, 0.2) is 0 Å². The summed E-state index contributed by atoms with van der Waals surface area (Å²) in [5.41, 5.74) is 1.45. The van der Waals surface area contributed by atoms with Gasteiger partial charge in [-0.05, 0) is 19.5 Å². The molecule has 7 heavy (non-hydrogen) atoms. The van der Waals surface area contributed by atoms with Crippen LogP contribution >= 0.6 is 0 Å². The highest BCUT2D eigenvalue weighted by Gasteiger charge is 2.02. The van der Waals surface area contributed by atoms with E-state index in [1.165, 1.54) is 5.57 Å². The van der Waals surface area contributed by atoms with E-state index in [0.717, 1.165) is 6.42 Å². The van der Waals surface area contributed by atoms with Crippen LogP contribution in [0.4, 0.5) is 0 Å². The summed E-state index contributed by atoms with van der Waals surface area (Å²) in [6.45, 7) is 4.30. The van der Waals surface area contributed by atoms with Gasteiger partial charge in [-0.1, -0.05) is 5.57 Å². The topological polar surface area (TPSA) is 3.24 Å². The van der Waals surface area contributed by atoms with E-state index in [-0.39, 0.29) is 0 Å². The van der Waals surface area contributed by atoms with E-state index >= 15 is 0 Å². The lowest BCUT2D eigenvalue weighted by molar-refractivity contribution is 0.575. The van der Waals surface area contributed by atoms with Crippen molar-refractivity contribution in [1.29, 1.82) is 0 Å². The fraction of sp³-hybridized carbons (Fsp3) is 0.500. The quantitative estimate of drug-likeness (QED) is 0.440. The highest BCUT2D eigenvalue weighted by molar-refractivity contribution is 5.08. The Hall–Kier alpha value is -0.460. The van der Waals surface area contributed by atoms with Crippen LogP contribution in [-0.4, -0.2) is 11.9 Å². The molecule has 1 rings (SSSR count). The third kappa shape index (κ3) is 0.952. The molecule has 1 heterocycles. The molecule has 0 N–H and O–H groups in total. The molecule has 0 aromatic heterocycles. The van der Waals surface area contributed by atoms with Crippen LogP contribution in [0.2, 0.25) is 0 Å². The Kier molecular flexibility index (Phi) is 1.05. The summed E-state index contributed by atoms with van der Waals surface area (Å²) in [4.78, 5) is 2.09. The first-order chi connectivity index (χ1) is 3.29. The molecule has 39 valence electrons. The second-order valence-corrected chi connectivity index (χ2v) is 2.03. The Morgan fingerprint density at radius 3 is 2.57 bits per heavy atom. The molecule has 0 spiro atoms. The van der Waals surface area contributed by atoms with Gasteiger partial charge in [0.1, 0.15) is 0 Å². The Balaban J connectivity index is 2.50. The van der Waals surface area contributed by atoms with Gasteiger partial charge in [-0.2, -0.15) is 0 Å². The van der Waals surface area contributed by atoms with Gasteiger partial charge in [0, 0.05) is 7.05 Å². The number of hydrogen-bond acceptors (Lipinski definition) is 1. The van der Waals surface area contributed by atoms with Crippen molar-refractivity contribution >= 4 is 0 Å². The average Bonchev–Trinajstić information content (AvgIpc) is 1.87. The molecule has 0 aromatic rings. The lowest BCUT2D eigenvalue weighted by Crippen LogP contribution is -1.98. The monoisotopic (exact) mass is 96.1 g/mol.